The van der Waals surface area contributed by atoms with Crippen LogP contribution in [0.2, 0.25) is 0 Å². The quantitative estimate of drug-likeness (QED) is 0.367. The van der Waals surface area contributed by atoms with Crippen molar-refractivity contribution in [3.05, 3.63) is 72.8 Å². The van der Waals surface area contributed by atoms with Gasteiger partial charge in [-0.3, -0.25) is 0 Å². The monoisotopic (exact) mass is 489 g/mol. The Morgan fingerprint density at radius 1 is 0.654 bits per heavy atom. The number of hydrogen-bond acceptors (Lipinski definition) is 4. The molecule has 0 aliphatic carbocycles. The molecule has 5 N–H and O–H groups in total. The Kier molecular flexibility index (Phi) is 5.97. The zero-order chi connectivity index (χ0) is 18.6. The van der Waals surface area contributed by atoms with Gasteiger partial charge in [-0.25, -0.2) is 0 Å². The summed E-state index contributed by atoms with van der Waals surface area (Å²) in [5, 5.41) is 0. The first kappa shape index (κ1) is 18.9. The van der Waals surface area contributed by atoms with Crippen LogP contribution in [0.15, 0.2) is 77.7 Å². The Labute approximate surface area is 163 Å². The topological polar surface area (TPSA) is 98.2 Å². The van der Waals surface area contributed by atoms with Gasteiger partial charge in [-0.05, 0) is 0 Å². The van der Waals surface area contributed by atoms with Gasteiger partial charge in [0.15, 0.2) is 0 Å². The summed E-state index contributed by atoms with van der Waals surface area (Å²) in [5.74, 6) is 0. The maximum atomic E-state index is 12.4. The van der Waals surface area contributed by atoms with Gasteiger partial charge in [-0.2, -0.15) is 0 Å². The minimum absolute atomic E-state index is 0.0613. The Morgan fingerprint density at radius 3 is 1.58 bits per heavy atom. The molecule has 0 saturated heterocycles. The molecule has 3 rings (SSSR count). The van der Waals surface area contributed by atoms with E-state index in [-0.39, 0.29) is 31.2 Å². The van der Waals surface area contributed by atoms with E-state index >= 15 is 0 Å². The number of benzene rings is 3. The molecule has 0 atom stereocenters. The van der Waals surface area contributed by atoms with Crippen LogP contribution in [-0.2, 0) is 10.0 Å². The standard InChI is InChI=1S/C18H17As2N3O2S/c21-15-5-1-13(2-6-15)19-20-14-3-9-17(10-4-14)23-26(24,25)18-11-7-16(22)8-12-18/h1-12,23H,21-22H2. The van der Waals surface area contributed by atoms with Gasteiger partial charge in [-0.1, -0.05) is 0 Å². The molecule has 3 aromatic carbocycles. The molecule has 3 aromatic rings. The molecule has 0 radical (unpaired) electrons. The third kappa shape index (κ3) is 5.07. The van der Waals surface area contributed by atoms with Crippen LogP contribution >= 0.6 is 0 Å². The summed E-state index contributed by atoms with van der Waals surface area (Å²) in [4.78, 5) is 0.190. The summed E-state index contributed by atoms with van der Waals surface area (Å²) in [6.45, 7) is 0. The van der Waals surface area contributed by atoms with Gasteiger partial charge in [0.2, 0.25) is 0 Å². The first-order valence-electron chi connectivity index (χ1n) is 7.68. The molecule has 0 aliphatic heterocycles. The molecule has 0 heterocycles. The Bertz CT molecular complexity index is 1020. The minimum atomic E-state index is -3.61. The Balaban J connectivity index is 1.71. The van der Waals surface area contributed by atoms with E-state index in [9.17, 15) is 8.42 Å². The molecule has 0 saturated carbocycles. The predicted octanol–water partition coefficient (Wildman–Crippen LogP) is 0.926. The summed E-state index contributed by atoms with van der Waals surface area (Å²) < 4.78 is 30.0. The fourth-order valence-corrected chi connectivity index (χ4v) is 10.3. The van der Waals surface area contributed by atoms with Gasteiger partial charge in [0.25, 0.3) is 0 Å². The predicted molar refractivity (Wildman–Crippen MR) is 110 cm³/mol. The molecule has 0 unspecified atom stereocenters. The number of anilines is 3. The van der Waals surface area contributed by atoms with Crippen LogP contribution in [0.3, 0.4) is 0 Å². The molecule has 0 amide bonds. The first-order chi connectivity index (χ1) is 12.4. The molecule has 132 valence electrons. The molecule has 0 bridgehead atoms. The number of nitrogens with one attached hydrogen (secondary N) is 1. The number of hydrogen-bond donors (Lipinski definition) is 3. The van der Waals surface area contributed by atoms with E-state index in [1.807, 2.05) is 36.4 Å². The zero-order valence-corrected chi connectivity index (χ0v) is 18.3. The van der Waals surface area contributed by atoms with Crippen LogP contribution in [0, 0.1) is 0 Å². The fourth-order valence-electron chi connectivity index (χ4n) is 2.11. The first-order valence-corrected chi connectivity index (χ1v) is 16.2. The van der Waals surface area contributed by atoms with Crippen molar-refractivity contribution in [3.63, 3.8) is 0 Å². The Hall–Kier alpha value is -1.87. The van der Waals surface area contributed by atoms with E-state index in [1.165, 1.54) is 20.8 Å². The van der Waals surface area contributed by atoms with E-state index in [4.69, 9.17) is 11.5 Å². The van der Waals surface area contributed by atoms with Crippen molar-refractivity contribution < 1.29 is 8.42 Å². The van der Waals surface area contributed by atoms with Crippen molar-refractivity contribution in [3.8, 4) is 0 Å². The summed E-state index contributed by atoms with van der Waals surface area (Å²) >= 11 is 0.162. The van der Waals surface area contributed by atoms with Gasteiger partial charge in [-0.15, -0.1) is 0 Å². The van der Waals surface area contributed by atoms with Gasteiger partial charge in [0.1, 0.15) is 0 Å². The molecule has 5 nitrogen and oxygen atoms in total. The van der Waals surface area contributed by atoms with Crippen LogP contribution < -0.4 is 24.9 Å². The SMILES string of the molecule is Nc1ccc([As]=[As]c2ccc(NS(=O)(=O)c3ccc(N)cc3)cc2)cc1. The van der Waals surface area contributed by atoms with E-state index in [1.54, 1.807) is 12.1 Å². The van der Waals surface area contributed by atoms with Gasteiger partial charge in [0, 0.05) is 0 Å². The molecular formula is C18H17As2N3O2S. The molecule has 0 aliphatic rings. The third-order valence-corrected chi connectivity index (χ3v) is 13.4. The summed E-state index contributed by atoms with van der Waals surface area (Å²) in [7, 11) is -3.61. The summed E-state index contributed by atoms with van der Waals surface area (Å²) in [6, 6.07) is 21.8. The van der Waals surface area contributed by atoms with Crippen LogP contribution in [0.5, 0.6) is 0 Å². The van der Waals surface area contributed by atoms with Crippen LogP contribution in [0.4, 0.5) is 17.1 Å². The molecule has 0 aromatic heterocycles. The van der Waals surface area contributed by atoms with Crippen molar-refractivity contribution in [2.75, 3.05) is 16.2 Å². The molecule has 8 heteroatoms. The maximum absolute atomic E-state index is 12.4. The van der Waals surface area contributed by atoms with Crippen LogP contribution in [-0.4, -0.2) is 34.7 Å². The van der Waals surface area contributed by atoms with Gasteiger partial charge < -0.3 is 0 Å². The number of nitrogens with two attached hydrogens (primary N) is 2. The second-order valence-corrected chi connectivity index (χ2v) is 14.6. The number of nitrogen functional groups attached to an aromatic ring is 2. The van der Waals surface area contributed by atoms with Gasteiger partial charge in [0.05, 0.1) is 0 Å². The van der Waals surface area contributed by atoms with E-state index in [0.29, 0.717) is 11.4 Å². The summed E-state index contributed by atoms with van der Waals surface area (Å²) in [5.41, 5.74) is 13.2. The third-order valence-electron chi connectivity index (χ3n) is 3.48. The van der Waals surface area contributed by atoms with Crippen molar-refractivity contribution in [2.45, 2.75) is 4.90 Å². The van der Waals surface area contributed by atoms with Gasteiger partial charge >= 0.3 is 164 Å². The van der Waals surface area contributed by atoms with Crippen molar-refractivity contribution >= 4 is 62.1 Å². The summed E-state index contributed by atoms with van der Waals surface area (Å²) in [6.07, 6.45) is 0. The van der Waals surface area contributed by atoms with E-state index in [2.05, 4.69) is 16.9 Å². The molecular weight excluding hydrogens is 472 g/mol. The van der Waals surface area contributed by atoms with E-state index < -0.39 is 10.0 Å². The van der Waals surface area contributed by atoms with Crippen molar-refractivity contribution in [1.82, 2.24) is 0 Å². The van der Waals surface area contributed by atoms with Crippen molar-refractivity contribution in [1.29, 1.82) is 0 Å². The number of rotatable bonds is 5. The number of sulfonamides is 1. The molecule has 26 heavy (non-hydrogen) atoms. The fraction of sp³-hybridized carbons (Fsp3) is 0. The Morgan fingerprint density at radius 2 is 1.08 bits per heavy atom. The second kappa shape index (κ2) is 8.21. The van der Waals surface area contributed by atoms with E-state index in [0.717, 1.165) is 5.69 Å². The average molecular weight is 489 g/mol. The average Bonchev–Trinajstić information content (AvgIpc) is 2.62. The van der Waals surface area contributed by atoms with Crippen molar-refractivity contribution in [2.24, 2.45) is 0 Å². The van der Waals surface area contributed by atoms with Crippen LogP contribution in [0.1, 0.15) is 0 Å². The molecule has 0 spiro atoms. The molecule has 0 fully saturated rings. The normalized spacial score (nSPS) is 11.5. The second-order valence-electron chi connectivity index (χ2n) is 5.51. The van der Waals surface area contributed by atoms with Crippen LogP contribution in [0.25, 0.3) is 0 Å². The zero-order valence-electron chi connectivity index (χ0n) is 13.7.